The molecule has 0 aliphatic carbocycles. The second-order valence-corrected chi connectivity index (χ2v) is 5.28. The molecule has 0 aliphatic rings. The Morgan fingerprint density at radius 2 is 1.67 bits per heavy atom. The molecule has 3 N–H and O–H groups in total. The van der Waals surface area contributed by atoms with Crippen LogP contribution in [0.15, 0.2) is 0 Å². The van der Waals surface area contributed by atoms with Gasteiger partial charge in [0.05, 0.1) is 0 Å². The Balaban J connectivity index is 4.23. The highest BCUT2D eigenvalue weighted by molar-refractivity contribution is 5.82. The summed E-state index contributed by atoms with van der Waals surface area (Å²) in [5.41, 5.74) is 0. The lowest BCUT2D eigenvalue weighted by molar-refractivity contribution is -0.140. The normalized spacial score (nSPS) is 15.9. The molecular formula is C13H26N2O3. The van der Waals surface area contributed by atoms with Crippen molar-refractivity contribution in [2.75, 3.05) is 6.54 Å². The summed E-state index contributed by atoms with van der Waals surface area (Å²) < 4.78 is 0. The molecule has 0 aliphatic heterocycles. The molecule has 18 heavy (non-hydrogen) atoms. The van der Waals surface area contributed by atoms with Gasteiger partial charge in [0.2, 0.25) is 0 Å². The molecule has 2 unspecified atom stereocenters. The molecular weight excluding hydrogens is 232 g/mol. The van der Waals surface area contributed by atoms with Gasteiger partial charge in [0.25, 0.3) is 0 Å². The fraction of sp³-hybridized carbons (Fsp3) is 0.846. The van der Waals surface area contributed by atoms with E-state index in [0.29, 0.717) is 24.8 Å². The van der Waals surface area contributed by atoms with Crippen LogP contribution in [-0.2, 0) is 4.79 Å². The van der Waals surface area contributed by atoms with Gasteiger partial charge in [-0.1, -0.05) is 41.0 Å². The first-order chi connectivity index (χ1) is 8.29. The van der Waals surface area contributed by atoms with Crippen LogP contribution in [0.25, 0.3) is 0 Å². The molecule has 0 aromatic rings. The largest absolute Gasteiger partial charge is 0.480 e. The number of rotatable bonds is 7. The third-order valence-corrected chi connectivity index (χ3v) is 3.49. The number of nitrogens with one attached hydrogen (secondary N) is 2. The number of hydrogen-bond donors (Lipinski definition) is 3. The summed E-state index contributed by atoms with van der Waals surface area (Å²) >= 11 is 0. The Labute approximate surface area is 109 Å². The van der Waals surface area contributed by atoms with Crippen molar-refractivity contribution in [3.63, 3.8) is 0 Å². The van der Waals surface area contributed by atoms with Gasteiger partial charge < -0.3 is 15.7 Å². The number of urea groups is 1. The number of carbonyl (C=O) groups is 2. The smallest absolute Gasteiger partial charge is 0.326 e. The first-order valence-electron chi connectivity index (χ1n) is 6.56. The van der Waals surface area contributed by atoms with Crippen LogP contribution in [0.5, 0.6) is 0 Å². The predicted octanol–water partition coefficient (Wildman–Crippen LogP) is 2.08. The molecule has 0 heterocycles. The van der Waals surface area contributed by atoms with Crippen molar-refractivity contribution in [3.05, 3.63) is 0 Å². The summed E-state index contributed by atoms with van der Waals surface area (Å²) in [4.78, 5) is 22.7. The highest BCUT2D eigenvalue weighted by Gasteiger charge is 2.25. The average molecular weight is 258 g/mol. The molecule has 106 valence electrons. The molecule has 5 nitrogen and oxygen atoms in total. The summed E-state index contributed by atoms with van der Waals surface area (Å²) in [6.45, 7) is 10.5. The van der Waals surface area contributed by atoms with Crippen molar-refractivity contribution in [1.82, 2.24) is 10.6 Å². The van der Waals surface area contributed by atoms with E-state index in [0.717, 1.165) is 0 Å². The molecule has 0 aromatic carbocycles. The molecule has 0 rings (SSSR count). The zero-order valence-electron chi connectivity index (χ0n) is 12.0. The van der Waals surface area contributed by atoms with Crippen LogP contribution in [0.3, 0.4) is 0 Å². The Bertz CT molecular complexity index is 279. The van der Waals surface area contributed by atoms with E-state index >= 15 is 0 Å². The lowest BCUT2D eigenvalue weighted by Crippen LogP contribution is -2.49. The first kappa shape index (κ1) is 16.7. The second kappa shape index (κ2) is 7.95. The molecule has 0 radical (unpaired) electrons. The summed E-state index contributed by atoms with van der Waals surface area (Å²) in [6.07, 6.45) is 0.708. The zero-order valence-corrected chi connectivity index (χ0v) is 12.0. The maximum atomic E-state index is 11.6. The molecule has 0 saturated carbocycles. The minimum Gasteiger partial charge on any atom is -0.480 e. The first-order valence-corrected chi connectivity index (χ1v) is 6.56. The van der Waals surface area contributed by atoms with E-state index in [2.05, 4.69) is 24.5 Å². The van der Waals surface area contributed by atoms with Crippen LogP contribution in [-0.4, -0.2) is 29.7 Å². The van der Waals surface area contributed by atoms with E-state index in [-0.39, 0.29) is 5.92 Å². The monoisotopic (exact) mass is 258 g/mol. The predicted molar refractivity (Wildman–Crippen MR) is 71.4 cm³/mol. The van der Waals surface area contributed by atoms with E-state index in [1.807, 2.05) is 20.8 Å². The molecule has 0 saturated heterocycles. The number of carboxylic acids is 1. The van der Waals surface area contributed by atoms with Crippen molar-refractivity contribution >= 4 is 12.0 Å². The van der Waals surface area contributed by atoms with E-state index in [1.165, 1.54) is 0 Å². The maximum Gasteiger partial charge on any atom is 0.326 e. The number of hydrogen-bond acceptors (Lipinski definition) is 2. The molecule has 0 aromatic heterocycles. The Kier molecular flexibility index (Phi) is 7.39. The van der Waals surface area contributed by atoms with E-state index in [1.54, 1.807) is 0 Å². The fourth-order valence-corrected chi connectivity index (χ4v) is 1.36. The van der Waals surface area contributed by atoms with Gasteiger partial charge in [0, 0.05) is 6.54 Å². The second-order valence-electron chi connectivity index (χ2n) is 5.28. The van der Waals surface area contributed by atoms with Crippen molar-refractivity contribution in [2.45, 2.75) is 47.1 Å². The lowest BCUT2D eigenvalue weighted by atomic mass is 9.98. The third kappa shape index (κ3) is 5.89. The van der Waals surface area contributed by atoms with Gasteiger partial charge in [0.15, 0.2) is 0 Å². The van der Waals surface area contributed by atoms with E-state index < -0.39 is 18.0 Å². The molecule has 0 bridgehead atoms. The van der Waals surface area contributed by atoms with Crippen LogP contribution in [0.4, 0.5) is 4.79 Å². The zero-order chi connectivity index (χ0) is 14.3. The van der Waals surface area contributed by atoms with Gasteiger partial charge in [0.1, 0.15) is 6.04 Å². The fourth-order valence-electron chi connectivity index (χ4n) is 1.36. The topological polar surface area (TPSA) is 78.4 Å². The molecule has 5 heteroatoms. The van der Waals surface area contributed by atoms with Gasteiger partial charge in [-0.15, -0.1) is 0 Å². The lowest BCUT2D eigenvalue weighted by Gasteiger charge is -2.22. The van der Waals surface area contributed by atoms with Crippen LogP contribution in [0.1, 0.15) is 41.0 Å². The molecule has 0 fully saturated rings. The average Bonchev–Trinajstić information content (AvgIpc) is 2.31. The van der Waals surface area contributed by atoms with Gasteiger partial charge in [-0.2, -0.15) is 0 Å². The minimum atomic E-state index is -0.989. The van der Waals surface area contributed by atoms with Gasteiger partial charge in [-0.05, 0) is 17.8 Å². The number of aliphatic carboxylic acids is 1. The van der Waals surface area contributed by atoms with Crippen LogP contribution >= 0.6 is 0 Å². The quantitative estimate of drug-likeness (QED) is 0.654. The van der Waals surface area contributed by atoms with E-state index in [9.17, 15) is 9.59 Å². The van der Waals surface area contributed by atoms with Crippen molar-refractivity contribution in [2.24, 2.45) is 17.8 Å². The number of carboxylic acid groups (broad SMARTS) is 1. The minimum absolute atomic E-state index is 0.0872. The Morgan fingerprint density at radius 3 is 2.06 bits per heavy atom. The van der Waals surface area contributed by atoms with Gasteiger partial charge in [-0.25, -0.2) is 9.59 Å². The maximum absolute atomic E-state index is 11.6. The number of carbonyl (C=O) groups excluding carboxylic acids is 1. The Morgan fingerprint density at radius 1 is 1.11 bits per heavy atom. The van der Waals surface area contributed by atoms with Crippen molar-refractivity contribution in [1.29, 1.82) is 0 Å². The Hall–Kier alpha value is -1.26. The summed E-state index contributed by atoms with van der Waals surface area (Å²) in [7, 11) is 0. The van der Waals surface area contributed by atoms with E-state index in [4.69, 9.17) is 5.11 Å². The summed E-state index contributed by atoms with van der Waals surface area (Å²) in [6, 6.07) is -1.24. The van der Waals surface area contributed by atoms with Gasteiger partial charge >= 0.3 is 12.0 Å². The summed E-state index contributed by atoms with van der Waals surface area (Å²) in [5, 5.41) is 14.3. The van der Waals surface area contributed by atoms with Crippen LogP contribution in [0, 0.1) is 17.8 Å². The van der Waals surface area contributed by atoms with Crippen LogP contribution < -0.4 is 10.6 Å². The summed E-state index contributed by atoms with van der Waals surface area (Å²) in [5.74, 6) is -0.232. The standard InChI is InChI=1S/C13H26N2O3/c1-6-9(4)11(12(16)17)15-13(18)14-7-10(5)8(2)3/h8-11H,6-7H2,1-5H3,(H,16,17)(H2,14,15,18)/t9?,10?,11-/m0/s1. The highest BCUT2D eigenvalue weighted by atomic mass is 16.4. The van der Waals surface area contributed by atoms with Gasteiger partial charge in [-0.3, -0.25) is 0 Å². The molecule has 0 spiro atoms. The SMILES string of the molecule is CCC(C)[C@H](NC(=O)NCC(C)C(C)C)C(=O)O. The molecule has 2 amide bonds. The van der Waals surface area contributed by atoms with Crippen molar-refractivity contribution < 1.29 is 14.7 Å². The van der Waals surface area contributed by atoms with Crippen LogP contribution in [0.2, 0.25) is 0 Å². The van der Waals surface area contributed by atoms with Crippen molar-refractivity contribution in [3.8, 4) is 0 Å². The molecule has 3 atom stereocenters. The third-order valence-electron chi connectivity index (χ3n) is 3.49. The highest BCUT2D eigenvalue weighted by Crippen LogP contribution is 2.09. The number of amides is 2.